The van der Waals surface area contributed by atoms with Gasteiger partial charge in [-0.15, -0.1) is 0 Å². The molecule has 102 valence electrons. The maximum absolute atomic E-state index is 12.0. The van der Waals surface area contributed by atoms with Crippen LogP contribution in [0.5, 0.6) is 0 Å². The van der Waals surface area contributed by atoms with Crippen LogP contribution in [0.25, 0.3) is 0 Å². The Labute approximate surface area is 109 Å². The number of carbonyl (C=O) groups excluding carboxylic acids is 1. The molecule has 0 aromatic heterocycles. The summed E-state index contributed by atoms with van der Waals surface area (Å²) in [6.45, 7) is 6.17. The van der Waals surface area contributed by atoms with E-state index in [4.69, 9.17) is 4.74 Å². The molecule has 2 saturated carbocycles. The van der Waals surface area contributed by atoms with Gasteiger partial charge < -0.3 is 9.84 Å². The van der Waals surface area contributed by atoms with Crippen molar-refractivity contribution in [2.45, 2.75) is 64.1 Å². The third kappa shape index (κ3) is 1.56. The van der Waals surface area contributed by atoms with Gasteiger partial charge in [-0.1, -0.05) is 13.8 Å². The fraction of sp³-hybridized carbons (Fsp3) is 0.933. The largest absolute Gasteiger partial charge is 0.458 e. The van der Waals surface area contributed by atoms with E-state index in [-0.39, 0.29) is 17.5 Å². The average molecular weight is 252 g/mol. The van der Waals surface area contributed by atoms with E-state index in [1.807, 2.05) is 13.8 Å². The van der Waals surface area contributed by atoms with Gasteiger partial charge in [0.2, 0.25) is 0 Å². The van der Waals surface area contributed by atoms with E-state index in [0.29, 0.717) is 24.2 Å². The molecule has 6 atom stereocenters. The van der Waals surface area contributed by atoms with E-state index in [9.17, 15) is 9.90 Å². The van der Waals surface area contributed by atoms with Crippen LogP contribution in [0.4, 0.5) is 0 Å². The predicted molar refractivity (Wildman–Crippen MR) is 67.8 cm³/mol. The molecule has 3 fully saturated rings. The number of ether oxygens (including phenoxy) is 1. The highest BCUT2D eigenvalue weighted by molar-refractivity contribution is 5.76. The van der Waals surface area contributed by atoms with Crippen LogP contribution in [-0.2, 0) is 9.53 Å². The smallest absolute Gasteiger partial charge is 0.309 e. The van der Waals surface area contributed by atoms with Gasteiger partial charge in [0.1, 0.15) is 5.60 Å². The van der Waals surface area contributed by atoms with Crippen molar-refractivity contribution >= 4 is 5.97 Å². The molecule has 1 aliphatic heterocycles. The molecule has 3 nitrogen and oxygen atoms in total. The third-order valence-corrected chi connectivity index (χ3v) is 5.79. The first kappa shape index (κ1) is 12.5. The zero-order chi connectivity index (χ0) is 13.1. The molecule has 3 rings (SSSR count). The Morgan fingerprint density at radius 2 is 1.94 bits per heavy atom. The van der Waals surface area contributed by atoms with Gasteiger partial charge in [0, 0.05) is 18.3 Å². The van der Waals surface area contributed by atoms with E-state index in [0.717, 1.165) is 19.3 Å². The molecule has 0 amide bonds. The van der Waals surface area contributed by atoms with Gasteiger partial charge in [0.05, 0.1) is 11.5 Å². The van der Waals surface area contributed by atoms with Crippen molar-refractivity contribution in [3.63, 3.8) is 0 Å². The number of carbonyl (C=O) groups is 1. The normalized spacial score (nSPS) is 55.7. The minimum atomic E-state index is -0.670. The van der Waals surface area contributed by atoms with Crippen molar-refractivity contribution in [1.29, 1.82) is 0 Å². The number of hydrogen-bond donors (Lipinski definition) is 1. The maximum Gasteiger partial charge on any atom is 0.309 e. The van der Waals surface area contributed by atoms with E-state index < -0.39 is 5.60 Å². The SMILES string of the molecule is C[C@@H]1CC[C@H]2[C@@H](C)C(=O)O[C@]23C[C@](C)(O)CC[C@@H]13. The van der Waals surface area contributed by atoms with E-state index in [1.165, 1.54) is 6.42 Å². The molecule has 0 aromatic carbocycles. The Kier molecular flexibility index (Phi) is 2.58. The van der Waals surface area contributed by atoms with Gasteiger partial charge in [-0.25, -0.2) is 0 Å². The number of rotatable bonds is 0. The molecular weight excluding hydrogens is 228 g/mol. The van der Waals surface area contributed by atoms with Crippen molar-refractivity contribution in [2.24, 2.45) is 23.7 Å². The Morgan fingerprint density at radius 3 is 2.67 bits per heavy atom. The highest BCUT2D eigenvalue weighted by atomic mass is 16.6. The van der Waals surface area contributed by atoms with Crippen molar-refractivity contribution in [3.05, 3.63) is 0 Å². The van der Waals surface area contributed by atoms with Crippen molar-refractivity contribution in [1.82, 2.24) is 0 Å². The van der Waals surface area contributed by atoms with E-state index >= 15 is 0 Å². The second-order valence-electron chi connectivity index (χ2n) is 7.14. The van der Waals surface area contributed by atoms with Crippen LogP contribution < -0.4 is 0 Å². The van der Waals surface area contributed by atoms with Gasteiger partial charge in [-0.2, -0.15) is 0 Å². The van der Waals surface area contributed by atoms with Gasteiger partial charge >= 0.3 is 5.97 Å². The Morgan fingerprint density at radius 1 is 1.22 bits per heavy atom. The third-order valence-electron chi connectivity index (χ3n) is 5.79. The first-order valence-corrected chi connectivity index (χ1v) is 7.31. The van der Waals surface area contributed by atoms with Gasteiger partial charge in [0.25, 0.3) is 0 Å². The van der Waals surface area contributed by atoms with Crippen LogP contribution >= 0.6 is 0 Å². The van der Waals surface area contributed by atoms with Gasteiger partial charge in [-0.3, -0.25) is 4.79 Å². The minimum Gasteiger partial charge on any atom is -0.458 e. The standard InChI is InChI=1S/C15H24O3/c1-9-4-5-12-10(2)13(16)18-15(12)8-14(3,17)7-6-11(9)15/h9-12,17H,4-8H2,1-3H3/t9-,10-,11+,12+,14-,15+/m1/s1. The quantitative estimate of drug-likeness (QED) is 0.674. The van der Waals surface area contributed by atoms with Crippen LogP contribution in [0.15, 0.2) is 0 Å². The second kappa shape index (κ2) is 3.72. The van der Waals surface area contributed by atoms with Crippen molar-refractivity contribution < 1.29 is 14.6 Å². The van der Waals surface area contributed by atoms with Crippen LogP contribution in [0, 0.1) is 23.7 Å². The predicted octanol–water partition coefficient (Wildman–Crippen LogP) is 2.52. The lowest BCUT2D eigenvalue weighted by Gasteiger charge is -2.54. The average Bonchev–Trinajstić information content (AvgIpc) is 2.48. The first-order chi connectivity index (χ1) is 8.36. The first-order valence-electron chi connectivity index (χ1n) is 7.31. The molecule has 18 heavy (non-hydrogen) atoms. The van der Waals surface area contributed by atoms with E-state index in [2.05, 4.69) is 6.92 Å². The molecular formula is C15H24O3. The zero-order valence-corrected chi connectivity index (χ0v) is 11.6. The molecule has 1 heterocycles. The van der Waals surface area contributed by atoms with Crippen molar-refractivity contribution in [3.8, 4) is 0 Å². The summed E-state index contributed by atoms with van der Waals surface area (Å²) in [5.74, 6) is 1.34. The maximum atomic E-state index is 12.0. The number of hydrogen-bond acceptors (Lipinski definition) is 3. The summed E-state index contributed by atoms with van der Waals surface area (Å²) in [6, 6.07) is 0. The summed E-state index contributed by atoms with van der Waals surface area (Å²) in [4.78, 5) is 12.0. The monoisotopic (exact) mass is 252 g/mol. The second-order valence-corrected chi connectivity index (χ2v) is 7.14. The lowest BCUT2D eigenvalue weighted by Crippen LogP contribution is -2.57. The Bertz CT molecular complexity index is 376. The van der Waals surface area contributed by atoms with Crippen LogP contribution in [0.2, 0.25) is 0 Å². The Balaban J connectivity index is 2.01. The molecule has 0 unspecified atom stereocenters. The molecule has 2 aliphatic carbocycles. The minimum absolute atomic E-state index is 0.00824. The lowest BCUT2D eigenvalue weighted by atomic mass is 9.54. The summed E-state index contributed by atoms with van der Waals surface area (Å²) < 4.78 is 5.88. The Hall–Kier alpha value is -0.570. The van der Waals surface area contributed by atoms with Crippen molar-refractivity contribution in [2.75, 3.05) is 0 Å². The van der Waals surface area contributed by atoms with Gasteiger partial charge in [-0.05, 0) is 38.5 Å². The van der Waals surface area contributed by atoms with Crippen LogP contribution in [0.1, 0.15) is 52.9 Å². The fourth-order valence-electron chi connectivity index (χ4n) is 4.89. The number of esters is 1. The molecule has 1 N–H and O–H groups in total. The highest BCUT2D eigenvalue weighted by Gasteiger charge is 2.63. The highest BCUT2D eigenvalue weighted by Crippen LogP contribution is 2.59. The molecule has 0 bridgehead atoms. The van der Waals surface area contributed by atoms with Crippen LogP contribution in [0.3, 0.4) is 0 Å². The molecule has 0 radical (unpaired) electrons. The summed E-state index contributed by atoms with van der Waals surface area (Å²) in [5, 5.41) is 10.4. The molecule has 0 aromatic rings. The molecule has 1 saturated heterocycles. The van der Waals surface area contributed by atoms with Gasteiger partial charge in [0.15, 0.2) is 0 Å². The molecule has 3 aliphatic rings. The lowest BCUT2D eigenvalue weighted by molar-refractivity contribution is -0.188. The molecule has 1 spiro atoms. The zero-order valence-electron chi connectivity index (χ0n) is 11.6. The molecule has 3 heteroatoms. The topological polar surface area (TPSA) is 46.5 Å². The summed E-state index contributed by atoms with van der Waals surface area (Å²) in [6.07, 6.45) is 4.73. The fourth-order valence-corrected chi connectivity index (χ4v) is 4.89. The summed E-state index contributed by atoms with van der Waals surface area (Å²) >= 11 is 0. The van der Waals surface area contributed by atoms with Crippen LogP contribution in [-0.4, -0.2) is 22.3 Å². The summed E-state index contributed by atoms with van der Waals surface area (Å²) in [5.41, 5.74) is -1.04. The van der Waals surface area contributed by atoms with E-state index in [1.54, 1.807) is 0 Å². The summed E-state index contributed by atoms with van der Waals surface area (Å²) in [7, 11) is 0. The number of aliphatic hydroxyl groups is 1.